The molecular weight excluding hydrogens is 182 g/mol. The Morgan fingerprint density at radius 1 is 1.71 bits per heavy atom. The summed E-state index contributed by atoms with van der Waals surface area (Å²) < 4.78 is 0. The van der Waals surface area contributed by atoms with Gasteiger partial charge in [-0.1, -0.05) is 0 Å². The maximum Gasteiger partial charge on any atom is 0.305 e. The van der Waals surface area contributed by atoms with Gasteiger partial charge in [0.1, 0.15) is 0 Å². The van der Waals surface area contributed by atoms with Crippen LogP contribution in [0.5, 0.6) is 0 Å². The number of anilines is 1. The minimum Gasteiger partial charge on any atom is -0.481 e. The maximum absolute atomic E-state index is 10.6. The topological polar surface area (TPSA) is 102 Å². The molecule has 1 unspecified atom stereocenters. The molecular formula is C9H13N3O2. The maximum atomic E-state index is 10.6. The summed E-state index contributed by atoms with van der Waals surface area (Å²) in [4.78, 5) is 14.4. The van der Waals surface area contributed by atoms with Crippen LogP contribution < -0.4 is 11.5 Å². The SMILES string of the molecule is CC(N)(CC(=O)O)c1ccncc1N. The number of carboxylic acid groups (broad SMARTS) is 1. The molecule has 1 rings (SSSR count). The summed E-state index contributed by atoms with van der Waals surface area (Å²) in [5.74, 6) is -0.953. The number of carboxylic acids is 1. The second-order valence-corrected chi connectivity index (χ2v) is 3.45. The lowest BCUT2D eigenvalue weighted by Gasteiger charge is -2.24. The van der Waals surface area contributed by atoms with Gasteiger partial charge in [-0.2, -0.15) is 0 Å². The van der Waals surface area contributed by atoms with Crippen molar-refractivity contribution in [3.63, 3.8) is 0 Å². The van der Waals surface area contributed by atoms with Crippen LogP contribution in [0.1, 0.15) is 18.9 Å². The van der Waals surface area contributed by atoms with Crippen molar-refractivity contribution in [3.8, 4) is 0 Å². The largest absolute Gasteiger partial charge is 0.481 e. The molecule has 1 aromatic rings. The van der Waals surface area contributed by atoms with E-state index in [1.807, 2.05) is 0 Å². The molecule has 0 spiro atoms. The van der Waals surface area contributed by atoms with Gasteiger partial charge in [-0.25, -0.2) is 0 Å². The molecule has 0 aliphatic carbocycles. The highest BCUT2D eigenvalue weighted by molar-refractivity contribution is 5.69. The number of nitrogens with zero attached hydrogens (tertiary/aromatic N) is 1. The predicted molar refractivity (Wildman–Crippen MR) is 52.4 cm³/mol. The molecule has 0 radical (unpaired) electrons. The van der Waals surface area contributed by atoms with Crippen LogP contribution in [0.2, 0.25) is 0 Å². The molecule has 76 valence electrons. The fraction of sp³-hybridized carbons (Fsp3) is 0.333. The minimum absolute atomic E-state index is 0.165. The standard InChI is InChI=1S/C9H13N3O2/c1-9(11,4-8(13)14)6-2-3-12-5-7(6)10/h2-3,5H,4,10-11H2,1H3,(H,13,14). The molecule has 0 amide bonds. The van der Waals surface area contributed by atoms with Crippen molar-refractivity contribution < 1.29 is 9.90 Å². The fourth-order valence-corrected chi connectivity index (χ4v) is 1.34. The van der Waals surface area contributed by atoms with Crippen LogP contribution in [-0.2, 0) is 10.3 Å². The number of carbonyl (C=O) groups is 1. The second kappa shape index (κ2) is 3.63. The van der Waals surface area contributed by atoms with E-state index in [2.05, 4.69) is 4.98 Å². The summed E-state index contributed by atoms with van der Waals surface area (Å²) in [5.41, 5.74) is 11.6. The highest BCUT2D eigenvalue weighted by Crippen LogP contribution is 2.25. The third kappa shape index (κ3) is 2.20. The Kier molecular flexibility index (Phi) is 2.71. The summed E-state index contributed by atoms with van der Waals surface area (Å²) in [6.07, 6.45) is 2.84. The van der Waals surface area contributed by atoms with Gasteiger partial charge in [0.25, 0.3) is 0 Å². The number of aliphatic carboxylic acids is 1. The number of nitrogen functional groups attached to an aromatic ring is 1. The zero-order valence-corrected chi connectivity index (χ0v) is 7.90. The van der Waals surface area contributed by atoms with Gasteiger partial charge in [-0.05, 0) is 18.6 Å². The molecule has 0 fully saturated rings. The van der Waals surface area contributed by atoms with E-state index in [0.717, 1.165) is 0 Å². The predicted octanol–water partition coefficient (Wildman–Crippen LogP) is 0.312. The van der Waals surface area contributed by atoms with E-state index in [4.69, 9.17) is 16.6 Å². The Morgan fingerprint density at radius 2 is 2.36 bits per heavy atom. The van der Waals surface area contributed by atoms with Crippen molar-refractivity contribution in [1.29, 1.82) is 0 Å². The van der Waals surface area contributed by atoms with Gasteiger partial charge in [0.15, 0.2) is 0 Å². The number of aromatic nitrogens is 1. The van der Waals surface area contributed by atoms with Crippen LogP contribution in [0.15, 0.2) is 18.5 Å². The second-order valence-electron chi connectivity index (χ2n) is 3.45. The zero-order valence-electron chi connectivity index (χ0n) is 7.90. The van der Waals surface area contributed by atoms with E-state index in [1.165, 1.54) is 6.20 Å². The molecule has 1 aromatic heterocycles. The number of rotatable bonds is 3. The van der Waals surface area contributed by atoms with E-state index in [9.17, 15) is 4.79 Å². The Balaban J connectivity index is 3.03. The Morgan fingerprint density at radius 3 is 2.86 bits per heavy atom. The highest BCUT2D eigenvalue weighted by Gasteiger charge is 2.26. The Bertz CT molecular complexity index is 350. The van der Waals surface area contributed by atoms with E-state index in [0.29, 0.717) is 11.3 Å². The summed E-state index contributed by atoms with van der Waals surface area (Å²) in [6, 6.07) is 1.64. The quantitative estimate of drug-likeness (QED) is 0.644. The molecule has 1 atom stereocenters. The van der Waals surface area contributed by atoms with Crippen molar-refractivity contribution in [2.45, 2.75) is 18.9 Å². The van der Waals surface area contributed by atoms with Crippen LogP contribution in [0.3, 0.4) is 0 Å². The molecule has 5 heteroatoms. The fourth-order valence-electron chi connectivity index (χ4n) is 1.34. The normalized spacial score (nSPS) is 14.7. The van der Waals surface area contributed by atoms with Gasteiger partial charge in [0.2, 0.25) is 0 Å². The van der Waals surface area contributed by atoms with Gasteiger partial charge >= 0.3 is 5.97 Å². The lowest BCUT2D eigenvalue weighted by atomic mass is 9.89. The van der Waals surface area contributed by atoms with Crippen molar-refractivity contribution in [1.82, 2.24) is 4.98 Å². The van der Waals surface area contributed by atoms with Gasteiger partial charge in [-0.15, -0.1) is 0 Å². The zero-order chi connectivity index (χ0) is 10.8. The number of nitrogens with two attached hydrogens (primary N) is 2. The van der Waals surface area contributed by atoms with Gasteiger partial charge in [0, 0.05) is 6.20 Å². The van der Waals surface area contributed by atoms with Gasteiger partial charge in [-0.3, -0.25) is 9.78 Å². The first-order valence-electron chi connectivity index (χ1n) is 4.14. The molecule has 0 aliphatic rings. The Hall–Kier alpha value is -1.62. The summed E-state index contributed by atoms with van der Waals surface area (Å²) in [5, 5.41) is 8.66. The van der Waals surface area contributed by atoms with Crippen molar-refractivity contribution in [2.24, 2.45) is 5.73 Å². The van der Waals surface area contributed by atoms with E-state index < -0.39 is 11.5 Å². The Labute approximate surface area is 81.7 Å². The third-order valence-corrected chi connectivity index (χ3v) is 1.99. The number of pyridine rings is 1. The van der Waals surface area contributed by atoms with Crippen molar-refractivity contribution in [3.05, 3.63) is 24.0 Å². The summed E-state index contributed by atoms with van der Waals surface area (Å²) >= 11 is 0. The van der Waals surface area contributed by atoms with Gasteiger partial charge < -0.3 is 16.6 Å². The molecule has 1 heterocycles. The average molecular weight is 195 g/mol. The molecule has 5 nitrogen and oxygen atoms in total. The summed E-state index contributed by atoms with van der Waals surface area (Å²) in [7, 11) is 0. The molecule has 0 bridgehead atoms. The molecule has 0 aromatic carbocycles. The first-order chi connectivity index (χ1) is 6.43. The smallest absolute Gasteiger partial charge is 0.305 e. The summed E-state index contributed by atoms with van der Waals surface area (Å²) in [6.45, 7) is 1.63. The average Bonchev–Trinajstić information content (AvgIpc) is 2.02. The first kappa shape index (κ1) is 10.5. The molecule has 0 saturated carbocycles. The monoisotopic (exact) mass is 195 g/mol. The molecule has 5 N–H and O–H groups in total. The number of hydrogen-bond donors (Lipinski definition) is 3. The molecule has 0 aliphatic heterocycles. The lowest BCUT2D eigenvalue weighted by Crippen LogP contribution is -2.36. The van der Waals surface area contributed by atoms with Crippen LogP contribution in [0.4, 0.5) is 5.69 Å². The van der Waals surface area contributed by atoms with Gasteiger partial charge in [0.05, 0.1) is 23.8 Å². The van der Waals surface area contributed by atoms with E-state index in [1.54, 1.807) is 19.2 Å². The minimum atomic E-state index is -0.959. The first-order valence-corrected chi connectivity index (χ1v) is 4.14. The van der Waals surface area contributed by atoms with Crippen molar-refractivity contribution >= 4 is 11.7 Å². The third-order valence-electron chi connectivity index (χ3n) is 1.99. The molecule has 14 heavy (non-hydrogen) atoms. The van der Waals surface area contributed by atoms with Crippen LogP contribution in [-0.4, -0.2) is 16.1 Å². The van der Waals surface area contributed by atoms with Crippen LogP contribution in [0.25, 0.3) is 0 Å². The van der Waals surface area contributed by atoms with Crippen LogP contribution >= 0.6 is 0 Å². The lowest BCUT2D eigenvalue weighted by molar-refractivity contribution is -0.138. The molecule has 0 saturated heterocycles. The highest BCUT2D eigenvalue weighted by atomic mass is 16.4. The van der Waals surface area contributed by atoms with E-state index in [-0.39, 0.29) is 6.42 Å². The number of hydrogen-bond acceptors (Lipinski definition) is 4. The van der Waals surface area contributed by atoms with E-state index >= 15 is 0 Å². The van der Waals surface area contributed by atoms with Crippen LogP contribution in [0, 0.1) is 0 Å². The van der Waals surface area contributed by atoms with Crippen molar-refractivity contribution in [2.75, 3.05) is 5.73 Å².